The Balaban J connectivity index is 2.95. The van der Waals surface area contributed by atoms with Crippen molar-refractivity contribution in [1.29, 1.82) is 0 Å². The van der Waals surface area contributed by atoms with Gasteiger partial charge < -0.3 is 9.67 Å². The first-order valence-electron chi connectivity index (χ1n) is 5.25. The molecule has 0 aromatic carbocycles. The highest BCUT2D eigenvalue weighted by Gasteiger charge is 2.15. The second-order valence-corrected chi connectivity index (χ2v) is 4.05. The molecular weight excluding hydrogens is 220 g/mol. The number of pyridine rings is 2. The van der Waals surface area contributed by atoms with Gasteiger partial charge in [-0.2, -0.15) is 0 Å². The largest absolute Gasteiger partial charge is 0.477 e. The van der Waals surface area contributed by atoms with E-state index in [1.54, 1.807) is 22.9 Å². The fourth-order valence-electron chi connectivity index (χ4n) is 1.73. The zero-order valence-electron chi connectivity index (χ0n) is 9.54. The van der Waals surface area contributed by atoms with Crippen LogP contribution in [0.2, 0.25) is 0 Å². The van der Waals surface area contributed by atoms with Gasteiger partial charge in [-0.25, -0.2) is 9.78 Å². The summed E-state index contributed by atoms with van der Waals surface area (Å²) in [6.45, 7) is 3.81. The van der Waals surface area contributed by atoms with Crippen molar-refractivity contribution in [3.05, 3.63) is 40.3 Å². The predicted molar refractivity (Wildman–Crippen MR) is 63.3 cm³/mol. The molecule has 0 unspecified atom stereocenters. The second-order valence-electron chi connectivity index (χ2n) is 4.05. The molecule has 2 aromatic heterocycles. The van der Waals surface area contributed by atoms with E-state index in [1.807, 2.05) is 13.8 Å². The van der Waals surface area contributed by atoms with Gasteiger partial charge in [0.15, 0.2) is 0 Å². The predicted octanol–water partition coefficient (Wildman–Crippen LogP) is 1.68. The molecule has 0 fully saturated rings. The van der Waals surface area contributed by atoms with Crippen molar-refractivity contribution in [3.63, 3.8) is 0 Å². The molecule has 88 valence electrons. The fraction of sp³-hybridized carbons (Fsp3) is 0.250. The maximum atomic E-state index is 11.9. The number of carboxylic acid groups (broad SMARTS) is 1. The van der Waals surface area contributed by atoms with Crippen LogP contribution in [0.25, 0.3) is 11.0 Å². The SMILES string of the molecule is CC(C)n1cc(C(=O)O)c(=O)c2cccnc21. The summed E-state index contributed by atoms with van der Waals surface area (Å²) >= 11 is 0. The van der Waals surface area contributed by atoms with E-state index in [-0.39, 0.29) is 11.6 Å². The molecule has 0 amide bonds. The van der Waals surface area contributed by atoms with Crippen molar-refractivity contribution in [2.24, 2.45) is 0 Å². The van der Waals surface area contributed by atoms with Crippen molar-refractivity contribution in [1.82, 2.24) is 9.55 Å². The Morgan fingerprint density at radius 2 is 2.18 bits per heavy atom. The van der Waals surface area contributed by atoms with Crippen LogP contribution in [0.15, 0.2) is 29.3 Å². The minimum Gasteiger partial charge on any atom is -0.477 e. The van der Waals surface area contributed by atoms with Gasteiger partial charge in [0.05, 0.1) is 5.39 Å². The van der Waals surface area contributed by atoms with Crippen LogP contribution in [0, 0.1) is 0 Å². The summed E-state index contributed by atoms with van der Waals surface area (Å²) in [5.74, 6) is -1.21. The quantitative estimate of drug-likeness (QED) is 0.854. The number of aromatic carboxylic acids is 1. The Labute approximate surface area is 97.3 Å². The van der Waals surface area contributed by atoms with Crippen LogP contribution in [0.4, 0.5) is 0 Å². The molecule has 2 aromatic rings. The maximum Gasteiger partial charge on any atom is 0.341 e. The average molecular weight is 232 g/mol. The molecule has 0 aliphatic carbocycles. The molecule has 2 rings (SSSR count). The van der Waals surface area contributed by atoms with Crippen molar-refractivity contribution in [2.75, 3.05) is 0 Å². The van der Waals surface area contributed by atoms with Gasteiger partial charge in [-0.1, -0.05) is 0 Å². The minimum absolute atomic E-state index is 0.0334. The smallest absolute Gasteiger partial charge is 0.341 e. The van der Waals surface area contributed by atoms with Crippen LogP contribution >= 0.6 is 0 Å². The van der Waals surface area contributed by atoms with Crippen LogP contribution in [0.3, 0.4) is 0 Å². The Morgan fingerprint density at radius 1 is 1.47 bits per heavy atom. The zero-order chi connectivity index (χ0) is 12.6. The maximum absolute atomic E-state index is 11.9. The Hall–Kier alpha value is -2.17. The van der Waals surface area contributed by atoms with Gasteiger partial charge in [0.25, 0.3) is 0 Å². The Morgan fingerprint density at radius 3 is 2.76 bits per heavy atom. The van der Waals surface area contributed by atoms with Gasteiger partial charge in [-0.3, -0.25) is 4.79 Å². The number of nitrogens with zero attached hydrogens (tertiary/aromatic N) is 2. The first-order valence-corrected chi connectivity index (χ1v) is 5.25. The summed E-state index contributed by atoms with van der Waals surface area (Å²) in [5, 5.41) is 9.33. The van der Waals surface area contributed by atoms with Crippen LogP contribution in [0.5, 0.6) is 0 Å². The van der Waals surface area contributed by atoms with Gasteiger partial charge in [0.2, 0.25) is 5.43 Å². The summed E-state index contributed by atoms with van der Waals surface area (Å²) in [6.07, 6.45) is 2.94. The summed E-state index contributed by atoms with van der Waals surface area (Å²) < 4.78 is 1.69. The first kappa shape index (κ1) is 11.3. The number of aromatic nitrogens is 2. The number of carbonyl (C=O) groups is 1. The third-order valence-corrected chi connectivity index (χ3v) is 2.58. The summed E-state index contributed by atoms with van der Waals surface area (Å²) in [7, 11) is 0. The van der Waals surface area contributed by atoms with Crippen molar-refractivity contribution in [2.45, 2.75) is 19.9 Å². The molecule has 0 radical (unpaired) electrons. The third-order valence-electron chi connectivity index (χ3n) is 2.58. The number of rotatable bonds is 2. The molecule has 0 spiro atoms. The topological polar surface area (TPSA) is 72.2 Å². The monoisotopic (exact) mass is 232 g/mol. The number of hydrogen-bond acceptors (Lipinski definition) is 3. The normalized spacial score (nSPS) is 11.0. The lowest BCUT2D eigenvalue weighted by atomic mass is 10.2. The molecule has 5 nitrogen and oxygen atoms in total. The van der Waals surface area contributed by atoms with E-state index in [4.69, 9.17) is 5.11 Å². The average Bonchev–Trinajstić information content (AvgIpc) is 2.29. The third kappa shape index (κ3) is 1.80. The van der Waals surface area contributed by atoms with E-state index in [0.717, 1.165) is 0 Å². The number of carboxylic acids is 1. The lowest BCUT2D eigenvalue weighted by molar-refractivity contribution is 0.0695. The molecule has 1 N–H and O–H groups in total. The first-order chi connectivity index (χ1) is 8.02. The molecule has 5 heteroatoms. The van der Waals surface area contributed by atoms with Crippen molar-refractivity contribution < 1.29 is 9.90 Å². The van der Waals surface area contributed by atoms with E-state index in [2.05, 4.69) is 4.98 Å². The second kappa shape index (κ2) is 4.01. The Bertz CT molecular complexity index is 644. The van der Waals surface area contributed by atoms with Gasteiger partial charge in [-0.15, -0.1) is 0 Å². The molecule has 17 heavy (non-hydrogen) atoms. The van der Waals surface area contributed by atoms with Crippen LogP contribution in [-0.4, -0.2) is 20.6 Å². The molecular formula is C12H12N2O3. The van der Waals surface area contributed by atoms with Crippen LogP contribution in [0.1, 0.15) is 30.2 Å². The molecule has 0 saturated heterocycles. The van der Waals surface area contributed by atoms with Crippen molar-refractivity contribution >= 4 is 17.0 Å². The van der Waals surface area contributed by atoms with E-state index in [0.29, 0.717) is 11.0 Å². The molecule has 0 aliphatic heterocycles. The summed E-state index contributed by atoms with van der Waals surface area (Å²) in [5.41, 5.74) is -0.200. The Kier molecular flexibility index (Phi) is 2.67. The van der Waals surface area contributed by atoms with Crippen molar-refractivity contribution in [3.8, 4) is 0 Å². The van der Waals surface area contributed by atoms with E-state index in [9.17, 15) is 9.59 Å². The van der Waals surface area contributed by atoms with E-state index >= 15 is 0 Å². The van der Waals surface area contributed by atoms with Crippen LogP contribution < -0.4 is 5.43 Å². The molecule has 2 heterocycles. The van der Waals surface area contributed by atoms with Crippen LogP contribution in [-0.2, 0) is 0 Å². The highest BCUT2D eigenvalue weighted by molar-refractivity contribution is 5.91. The lowest BCUT2D eigenvalue weighted by Crippen LogP contribution is -2.20. The van der Waals surface area contributed by atoms with E-state index < -0.39 is 11.4 Å². The highest BCUT2D eigenvalue weighted by Crippen LogP contribution is 2.14. The summed E-state index contributed by atoms with van der Waals surface area (Å²) in [6, 6.07) is 3.25. The molecule has 0 atom stereocenters. The summed E-state index contributed by atoms with van der Waals surface area (Å²) in [4.78, 5) is 27.1. The lowest BCUT2D eigenvalue weighted by Gasteiger charge is -2.14. The fourth-order valence-corrected chi connectivity index (χ4v) is 1.73. The van der Waals surface area contributed by atoms with Gasteiger partial charge in [0.1, 0.15) is 11.2 Å². The van der Waals surface area contributed by atoms with E-state index in [1.165, 1.54) is 6.20 Å². The highest BCUT2D eigenvalue weighted by atomic mass is 16.4. The van der Waals surface area contributed by atoms with Gasteiger partial charge in [0, 0.05) is 18.4 Å². The van der Waals surface area contributed by atoms with Gasteiger partial charge >= 0.3 is 5.97 Å². The standard InChI is InChI=1S/C12H12N2O3/c1-7(2)14-6-9(12(16)17)10(15)8-4-3-5-13-11(8)14/h3-7H,1-2H3,(H,16,17). The number of fused-ring (bicyclic) bond motifs is 1. The molecule has 0 saturated carbocycles. The van der Waals surface area contributed by atoms with Gasteiger partial charge in [-0.05, 0) is 26.0 Å². The minimum atomic E-state index is -1.21. The zero-order valence-corrected chi connectivity index (χ0v) is 9.54. The molecule has 0 bridgehead atoms. The number of hydrogen-bond donors (Lipinski definition) is 1. The molecule has 0 aliphatic rings.